The summed E-state index contributed by atoms with van der Waals surface area (Å²) < 4.78 is 28.0. The highest BCUT2D eigenvalue weighted by Crippen LogP contribution is 2.37. The summed E-state index contributed by atoms with van der Waals surface area (Å²) in [5.74, 6) is -0.244. The number of thiazole rings is 1. The number of carbonyl (C=O) groups is 1. The van der Waals surface area contributed by atoms with Gasteiger partial charge < -0.3 is 5.32 Å². The third-order valence-electron chi connectivity index (χ3n) is 5.83. The Bertz CT molecular complexity index is 1480. The number of nitrogens with zero attached hydrogens (tertiary/aromatic N) is 2. The van der Waals surface area contributed by atoms with E-state index in [0.717, 1.165) is 21.8 Å². The lowest BCUT2D eigenvalue weighted by molar-refractivity contribution is 0.102. The van der Waals surface area contributed by atoms with Gasteiger partial charge in [0.15, 0.2) is 0 Å². The molecule has 3 aromatic carbocycles. The van der Waals surface area contributed by atoms with Crippen LogP contribution in [-0.2, 0) is 16.4 Å². The minimum atomic E-state index is -3.68. The summed E-state index contributed by atoms with van der Waals surface area (Å²) in [4.78, 5) is 17.8. The second kappa shape index (κ2) is 8.70. The molecule has 6 nitrogen and oxygen atoms in total. The average Bonchev–Trinajstić information content (AvgIpc) is 3.41. The van der Waals surface area contributed by atoms with Crippen molar-refractivity contribution in [3.63, 3.8) is 0 Å². The summed E-state index contributed by atoms with van der Waals surface area (Å²) in [5, 5.41) is 5.93. The van der Waals surface area contributed by atoms with E-state index in [9.17, 15) is 13.2 Å². The Balaban J connectivity index is 1.39. The van der Waals surface area contributed by atoms with Gasteiger partial charge in [-0.1, -0.05) is 30.3 Å². The molecule has 0 radical (unpaired) electrons. The molecule has 1 atom stereocenters. The van der Waals surface area contributed by atoms with E-state index in [1.165, 1.54) is 4.31 Å². The van der Waals surface area contributed by atoms with Crippen LogP contribution in [-0.4, -0.2) is 25.4 Å². The molecule has 5 rings (SSSR count). The molecule has 0 saturated carbocycles. The quantitative estimate of drug-likeness (QED) is 0.401. The van der Waals surface area contributed by atoms with E-state index in [1.807, 2.05) is 43.5 Å². The van der Waals surface area contributed by atoms with Crippen molar-refractivity contribution in [1.82, 2.24) is 4.98 Å². The topological polar surface area (TPSA) is 79.4 Å². The molecule has 1 aliphatic heterocycles. The third kappa shape index (κ3) is 4.10. The molecular formula is C26H23N3O3S2. The van der Waals surface area contributed by atoms with E-state index in [-0.39, 0.29) is 16.8 Å². The first kappa shape index (κ1) is 22.3. The molecule has 0 unspecified atom stereocenters. The van der Waals surface area contributed by atoms with Crippen LogP contribution in [0.1, 0.15) is 27.9 Å². The summed E-state index contributed by atoms with van der Waals surface area (Å²) in [6, 6.07) is 20.9. The van der Waals surface area contributed by atoms with Crippen LogP contribution in [0.25, 0.3) is 11.3 Å². The van der Waals surface area contributed by atoms with Crippen molar-refractivity contribution in [2.75, 3.05) is 9.62 Å². The molecule has 34 heavy (non-hydrogen) atoms. The van der Waals surface area contributed by atoms with Crippen molar-refractivity contribution in [1.29, 1.82) is 0 Å². The first-order valence-corrected chi connectivity index (χ1v) is 13.2. The van der Waals surface area contributed by atoms with Gasteiger partial charge in [-0.25, -0.2) is 13.4 Å². The molecule has 8 heteroatoms. The number of anilines is 2. The summed E-state index contributed by atoms with van der Waals surface area (Å²) in [6.45, 7) is 3.84. The number of sulfonamides is 1. The first-order chi connectivity index (χ1) is 16.3. The van der Waals surface area contributed by atoms with Crippen LogP contribution in [0.4, 0.5) is 11.4 Å². The van der Waals surface area contributed by atoms with Crippen molar-refractivity contribution in [2.45, 2.75) is 31.2 Å². The predicted molar refractivity (Wildman–Crippen MR) is 136 cm³/mol. The van der Waals surface area contributed by atoms with Crippen molar-refractivity contribution in [2.24, 2.45) is 0 Å². The lowest BCUT2D eigenvalue weighted by Crippen LogP contribution is -2.35. The normalized spacial score (nSPS) is 15.2. The van der Waals surface area contributed by atoms with Crippen molar-refractivity contribution >= 4 is 38.6 Å². The lowest BCUT2D eigenvalue weighted by Gasteiger charge is -2.24. The Kier molecular flexibility index (Phi) is 5.71. The molecule has 172 valence electrons. The zero-order valence-electron chi connectivity index (χ0n) is 18.7. The fraction of sp³-hybridized carbons (Fsp3) is 0.154. The monoisotopic (exact) mass is 489 g/mol. The molecule has 1 aromatic heterocycles. The second-order valence-electron chi connectivity index (χ2n) is 8.30. The van der Waals surface area contributed by atoms with Crippen molar-refractivity contribution < 1.29 is 13.2 Å². The standard InChI is InChI=1S/C26H23N3O3S2/c1-17-13-21-14-20(11-12-25(21)29(17)34(31,32)23-9-4-3-5-10-23)26(30)28-22-8-6-7-19(15-22)24-16-33-18(2)27-24/h3-12,14-17H,13H2,1-2H3,(H,28,30)/t17-/m1/s1. The van der Waals surface area contributed by atoms with Crippen LogP contribution >= 0.6 is 11.3 Å². The number of benzene rings is 3. The Labute approximate surface area is 203 Å². The first-order valence-electron chi connectivity index (χ1n) is 10.9. The molecule has 1 aliphatic rings. The largest absolute Gasteiger partial charge is 0.322 e. The number of hydrogen-bond donors (Lipinski definition) is 1. The summed E-state index contributed by atoms with van der Waals surface area (Å²) in [7, 11) is -3.68. The maximum atomic E-state index is 13.3. The zero-order valence-corrected chi connectivity index (χ0v) is 20.4. The summed E-state index contributed by atoms with van der Waals surface area (Å²) >= 11 is 1.58. The highest BCUT2D eigenvalue weighted by Gasteiger charge is 2.36. The van der Waals surface area contributed by atoms with Gasteiger partial charge >= 0.3 is 0 Å². The van der Waals surface area contributed by atoms with Crippen LogP contribution in [0, 0.1) is 6.92 Å². The Morgan fingerprint density at radius 2 is 1.85 bits per heavy atom. The number of aromatic nitrogens is 1. The third-order valence-corrected chi connectivity index (χ3v) is 8.55. The molecule has 0 fully saturated rings. The molecule has 0 saturated heterocycles. The van der Waals surface area contributed by atoms with Gasteiger partial charge in [0.2, 0.25) is 0 Å². The van der Waals surface area contributed by atoms with E-state index in [4.69, 9.17) is 0 Å². The van der Waals surface area contributed by atoms with Gasteiger partial charge in [-0.05, 0) is 68.3 Å². The number of fused-ring (bicyclic) bond motifs is 1. The molecule has 0 aliphatic carbocycles. The number of amides is 1. The highest BCUT2D eigenvalue weighted by atomic mass is 32.2. The van der Waals surface area contributed by atoms with Crippen LogP contribution in [0.15, 0.2) is 83.1 Å². The number of hydrogen-bond acceptors (Lipinski definition) is 5. The molecule has 0 spiro atoms. The zero-order chi connectivity index (χ0) is 23.9. The fourth-order valence-corrected chi connectivity index (χ4v) is 6.61. The van der Waals surface area contributed by atoms with Crippen LogP contribution in [0.5, 0.6) is 0 Å². The van der Waals surface area contributed by atoms with Gasteiger partial charge in [0.25, 0.3) is 15.9 Å². The smallest absolute Gasteiger partial charge is 0.264 e. The van der Waals surface area contributed by atoms with Gasteiger partial charge in [0.05, 0.1) is 21.3 Å². The average molecular weight is 490 g/mol. The molecule has 2 heterocycles. The van der Waals surface area contributed by atoms with Crippen molar-refractivity contribution in [3.8, 4) is 11.3 Å². The fourth-order valence-electron chi connectivity index (χ4n) is 4.27. The van der Waals surface area contributed by atoms with E-state index in [1.54, 1.807) is 59.9 Å². The molecular weight excluding hydrogens is 466 g/mol. The van der Waals surface area contributed by atoms with Gasteiger partial charge in [-0.3, -0.25) is 9.10 Å². The SMILES string of the molecule is Cc1nc(-c2cccc(NC(=O)c3ccc4c(c3)C[C@@H](C)N4S(=O)(=O)c3ccccc3)c2)cs1. The minimum absolute atomic E-state index is 0.239. The van der Waals surface area contributed by atoms with Gasteiger partial charge in [-0.2, -0.15) is 0 Å². The highest BCUT2D eigenvalue weighted by molar-refractivity contribution is 7.92. The minimum Gasteiger partial charge on any atom is -0.322 e. The van der Waals surface area contributed by atoms with Crippen LogP contribution in [0.3, 0.4) is 0 Å². The van der Waals surface area contributed by atoms with Crippen LogP contribution < -0.4 is 9.62 Å². The number of nitrogens with one attached hydrogen (secondary N) is 1. The van der Waals surface area contributed by atoms with E-state index < -0.39 is 10.0 Å². The van der Waals surface area contributed by atoms with Gasteiger partial charge in [0.1, 0.15) is 0 Å². The Morgan fingerprint density at radius 3 is 2.59 bits per heavy atom. The number of rotatable bonds is 5. The van der Waals surface area contributed by atoms with Gasteiger partial charge in [-0.15, -0.1) is 11.3 Å². The molecule has 0 bridgehead atoms. The molecule has 1 N–H and O–H groups in total. The Hall–Kier alpha value is -3.49. The lowest BCUT2D eigenvalue weighted by atomic mass is 10.1. The number of aryl methyl sites for hydroxylation is 1. The van der Waals surface area contributed by atoms with Gasteiger partial charge in [0, 0.05) is 28.2 Å². The van der Waals surface area contributed by atoms with Crippen molar-refractivity contribution in [3.05, 3.63) is 94.3 Å². The van der Waals surface area contributed by atoms with E-state index in [0.29, 0.717) is 23.4 Å². The summed E-state index contributed by atoms with van der Waals surface area (Å²) in [6.07, 6.45) is 0.543. The molecule has 1 amide bonds. The van der Waals surface area contributed by atoms with E-state index in [2.05, 4.69) is 10.3 Å². The number of carbonyl (C=O) groups excluding carboxylic acids is 1. The van der Waals surface area contributed by atoms with Crippen LogP contribution in [0.2, 0.25) is 0 Å². The Morgan fingerprint density at radius 1 is 1.06 bits per heavy atom. The predicted octanol–water partition coefficient (Wildman–Crippen LogP) is 5.51. The maximum Gasteiger partial charge on any atom is 0.264 e. The molecule has 4 aromatic rings. The second-order valence-corrected chi connectivity index (χ2v) is 11.2. The maximum absolute atomic E-state index is 13.3. The summed E-state index contributed by atoms with van der Waals surface area (Å²) in [5.41, 5.74) is 4.44. The van der Waals surface area contributed by atoms with E-state index >= 15 is 0 Å².